The molecule has 148 valence electrons. The molecule has 0 amide bonds. The Morgan fingerprint density at radius 2 is 1.79 bits per heavy atom. The summed E-state index contributed by atoms with van der Waals surface area (Å²) < 4.78 is 58.2. The molecular formula is C20H14F4N4O. The summed E-state index contributed by atoms with van der Waals surface area (Å²) in [5.74, 6) is -1.38. The zero-order valence-electron chi connectivity index (χ0n) is 15.0. The van der Waals surface area contributed by atoms with Gasteiger partial charge in [0, 0.05) is 29.3 Å². The van der Waals surface area contributed by atoms with Gasteiger partial charge in [-0.1, -0.05) is 0 Å². The van der Waals surface area contributed by atoms with Crippen LogP contribution in [-0.4, -0.2) is 9.97 Å². The summed E-state index contributed by atoms with van der Waals surface area (Å²) in [6, 6.07) is 7.83. The first-order valence-corrected chi connectivity index (χ1v) is 8.48. The van der Waals surface area contributed by atoms with Gasteiger partial charge in [0.15, 0.2) is 5.58 Å². The first kappa shape index (κ1) is 18.7. The van der Waals surface area contributed by atoms with Crippen LogP contribution in [0.2, 0.25) is 0 Å². The van der Waals surface area contributed by atoms with E-state index in [2.05, 4.69) is 15.3 Å². The number of benzene rings is 1. The molecule has 0 aliphatic rings. The number of nitrogen functional groups attached to an aromatic ring is 1. The minimum atomic E-state index is -4.82. The molecule has 3 heterocycles. The Balaban J connectivity index is 1.80. The summed E-state index contributed by atoms with van der Waals surface area (Å²) in [5, 5.41) is 3.33. The summed E-state index contributed by atoms with van der Waals surface area (Å²) in [7, 11) is 0. The molecule has 0 atom stereocenters. The third-order valence-electron chi connectivity index (χ3n) is 4.34. The number of furan rings is 1. The SMILES string of the molecule is Cc1cc(-c2nccc3c(Nc4ccc(F)c(C(F)(F)F)c4)c(N)oc23)ccn1. The molecule has 0 bridgehead atoms. The third-order valence-corrected chi connectivity index (χ3v) is 4.34. The average Bonchev–Trinajstić information content (AvgIpc) is 2.98. The van der Waals surface area contributed by atoms with Crippen molar-refractivity contribution in [1.82, 2.24) is 9.97 Å². The Bertz CT molecular complexity index is 1220. The average molecular weight is 402 g/mol. The van der Waals surface area contributed by atoms with Crippen LogP contribution in [0.5, 0.6) is 0 Å². The van der Waals surface area contributed by atoms with Gasteiger partial charge in [-0.15, -0.1) is 0 Å². The number of hydrogen-bond acceptors (Lipinski definition) is 5. The van der Waals surface area contributed by atoms with Gasteiger partial charge in [0.05, 0.1) is 10.9 Å². The van der Waals surface area contributed by atoms with Crippen LogP contribution in [0.25, 0.3) is 22.2 Å². The number of halogens is 4. The summed E-state index contributed by atoms with van der Waals surface area (Å²) in [6.07, 6.45) is -1.64. The van der Waals surface area contributed by atoms with Gasteiger partial charge < -0.3 is 15.5 Å². The van der Waals surface area contributed by atoms with E-state index in [9.17, 15) is 17.6 Å². The van der Waals surface area contributed by atoms with Crippen molar-refractivity contribution in [2.75, 3.05) is 11.1 Å². The van der Waals surface area contributed by atoms with Crippen molar-refractivity contribution in [2.24, 2.45) is 0 Å². The lowest BCUT2D eigenvalue weighted by Crippen LogP contribution is -2.08. The van der Waals surface area contributed by atoms with Crippen LogP contribution in [0.15, 0.2) is 53.2 Å². The standard InChI is InChI=1S/C20H14F4N4O/c1-10-8-11(4-6-26-10)16-18-13(5-7-27-16)17(19(25)29-18)28-12-2-3-15(21)14(9-12)20(22,23)24/h2-9,28H,25H2,1H3. The van der Waals surface area contributed by atoms with Gasteiger partial charge in [0.25, 0.3) is 0 Å². The van der Waals surface area contributed by atoms with Crippen molar-refractivity contribution in [1.29, 1.82) is 0 Å². The number of pyridine rings is 2. The van der Waals surface area contributed by atoms with Gasteiger partial charge in [-0.05, 0) is 43.3 Å². The quantitative estimate of drug-likeness (QED) is 0.431. The maximum atomic E-state index is 13.5. The van der Waals surface area contributed by atoms with Crippen molar-refractivity contribution in [3.63, 3.8) is 0 Å². The third kappa shape index (κ3) is 3.46. The molecule has 5 nitrogen and oxygen atoms in total. The lowest BCUT2D eigenvalue weighted by Gasteiger charge is -2.11. The summed E-state index contributed by atoms with van der Waals surface area (Å²) in [6.45, 7) is 1.83. The Labute approximate surface area is 162 Å². The lowest BCUT2D eigenvalue weighted by atomic mass is 10.1. The molecule has 0 unspecified atom stereocenters. The highest BCUT2D eigenvalue weighted by Gasteiger charge is 2.34. The zero-order chi connectivity index (χ0) is 20.8. The molecule has 0 aliphatic carbocycles. The van der Waals surface area contributed by atoms with Crippen molar-refractivity contribution in [3.8, 4) is 11.3 Å². The molecule has 4 rings (SSSR count). The molecule has 0 radical (unpaired) electrons. The van der Waals surface area contributed by atoms with Gasteiger partial charge in [-0.2, -0.15) is 13.2 Å². The minimum Gasteiger partial charge on any atom is -0.436 e. The van der Waals surface area contributed by atoms with Crippen molar-refractivity contribution in [2.45, 2.75) is 13.1 Å². The number of anilines is 3. The van der Waals surface area contributed by atoms with E-state index in [1.54, 1.807) is 24.5 Å². The van der Waals surface area contributed by atoms with Crippen LogP contribution in [0.4, 0.5) is 34.8 Å². The highest BCUT2D eigenvalue weighted by Crippen LogP contribution is 2.40. The lowest BCUT2D eigenvalue weighted by molar-refractivity contribution is -0.139. The number of aromatic nitrogens is 2. The summed E-state index contributed by atoms with van der Waals surface area (Å²) in [4.78, 5) is 8.48. The van der Waals surface area contributed by atoms with Crippen molar-refractivity contribution >= 4 is 28.2 Å². The van der Waals surface area contributed by atoms with Gasteiger partial charge in [-0.25, -0.2) is 4.39 Å². The molecule has 0 aliphatic heterocycles. The van der Waals surface area contributed by atoms with E-state index in [1.165, 1.54) is 6.07 Å². The van der Waals surface area contributed by atoms with Crippen molar-refractivity contribution in [3.05, 3.63) is 65.9 Å². The minimum absolute atomic E-state index is 0.0197. The number of hydrogen-bond donors (Lipinski definition) is 2. The number of rotatable bonds is 3. The smallest absolute Gasteiger partial charge is 0.419 e. The van der Waals surface area contributed by atoms with Crippen LogP contribution >= 0.6 is 0 Å². The van der Waals surface area contributed by atoms with E-state index in [0.29, 0.717) is 22.7 Å². The molecule has 9 heteroatoms. The molecule has 3 N–H and O–H groups in total. The molecule has 0 fully saturated rings. The molecule has 3 aromatic heterocycles. The fourth-order valence-electron chi connectivity index (χ4n) is 3.03. The van der Waals surface area contributed by atoms with E-state index < -0.39 is 17.6 Å². The zero-order valence-corrected chi connectivity index (χ0v) is 15.0. The topological polar surface area (TPSA) is 77.0 Å². The Kier molecular flexibility index (Phi) is 4.37. The second-order valence-corrected chi connectivity index (χ2v) is 6.38. The number of nitrogens with two attached hydrogens (primary N) is 1. The van der Waals surface area contributed by atoms with Crippen LogP contribution in [0.1, 0.15) is 11.3 Å². The van der Waals surface area contributed by atoms with Gasteiger partial charge in [0.2, 0.25) is 5.88 Å². The molecule has 29 heavy (non-hydrogen) atoms. The highest BCUT2D eigenvalue weighted by molar-refractivity contribution is 6.03. The number of fused-ring (bicyclic) bond motifs is 1. The fourth-order valence-corrected chi connectivity index (χ4v) is 3.03. The first-order chi connectivity index (χ1) is 13.7. The molecular weight excluding hydrogens is 388 g/mol. The largest absolute Gasteiger partial charge is 0.436 e. The number of aryl methyl sites for hydroxylation is 1. The number of alkyl halides is 3. The normalized spacial score (nSPS) is 11.8. The van der Waals surface area contributed by atoms with Gasteiger partial charge in [-0.3, -0.25) is 9.97 Å². The number of nitrogens with zero attached hydrogens (tertiary/aromatic N) is 2. The summed E-state index contributed by atoms with van der Waals surface area (Å²) in [5.41, 5.74) is 7.31. The highest BCUT2D eigenvalue weighted by atomic mass is 19.4. The van der Waals surface area contributed by atoms with Crippen LogP contribution < -0.4 is 11.1 Å². The second kappa shape index (κ2) is 6.77. The predicted octanol–water partition coefficient (Wildman–Crippen LogP) is 5.68. The van der Waals surface area contributed by atoms with E-state index in [4.69, 9.17) is 10.2 Å². The number of nitrogens with one attached hydrogen (secondary N) is 1. The Hall–Kier alpha value is -3.62. The van der Waals surface area contributed by atoms with Crippen LogP contribution in [-0.2, 0) is 6.18 Å². The monoisotopic (exact) mass is 402 g/mol. The second-order valence-electron chi connectivity index (χ2n) is 6.38. The van der Waals surface area contributed by atoms with E-state index in [0.717, 1.165) is 17.3 Å². The van der Waals surface area contributed by atoms with E-state index >= 15 is 0 Å². The maximum Gasteiger partial charge on any atom is 0.419 e. The van der Waals surface area contributed by atoms with Crippen LogP contribution in [0, 0.1) is 12.7 Å². The van der Waals surface area contributed by atoms with E-state index in [-0.39, 0.29) is 17.3 Å². The molecule has 0 spiro atoms. The first-order valence-electron chi connectivity index (χ1n) is 8.48. The van der Waals surface area contributed by atoms with Crippen molar-refractivity contribution < 1.29 is 22.0 Å². The predicted molar refractivity (Wildman–Crippen MR) is 101 cm³/mol. The molecule has 0 saturated heterocycles. The molecule has 1 aromatic carbocycles. The molecule has 4 aromatic rings. The molecule has 0 saturated carbocycles. The fraction of sp³-hybridized carbons (Fsp3) is 0.100. The van der Waals surface area contributed by atoms with E-state index in [1.807, 2.05) is 13.0 Å². The maximum absolute atomic E-state index is 13.5. The Morgan fingerprint density at radius 3 is 2.52 bits per heavy atom. The Morgan fingerprint density at radius 1 is 1.03 bits per heavy atom. The summed E-state index contributed by atoms with van der Waals surface area (Å²) >= 11 is 0. The van der Waals surface area contributed by atoms with Gasteiger partial charge in [0.1, 0.15) is 17.2 Å². The van der Waals surface area contributed by atoms with Crippen LogP contribution in [0.3, 0.4) is 0 Å². The van der Waals surface area contributed by atoms with Gasteiger partial charge >= 0.3 is 6.18 Å².